The van der Waals surface area contributed by atoms with Crippen molar-refractivity contribution in [1.82, 2.24) is 0 Å². The monoisotopic (exact) mass is 243 g/mol. The van der Waals surface area contributed by atoms with Crippen molar-refractivity contribution in [2.45, 2.75) is 17.9 Å². The molecule has 2 N–H and O–H groups in total. The molecular formula is C11H14FNO2S. The maximum atomic E-state index is 13.1. The molecular weight excluding hydrogens is 229 g/mol. The molecule has 0 amide bonds. The van der Waals surface area contributed by atoms with Crippen LogP contribution in [0.2, 0.25) is 0 Å². The minimum absolute atomic E-state index is 0.261. The van der Waals surface area contributed by atoms with E-state index in [4.69, 9.17) is 5.73 Å². The van der Waals surface area contributed by atoms with Crippen LogP contribution in [0.3, 0.4) is 0 Å². The third-order valence-corrected chi connectivity index (χ3v) is 2.95. The summed E-state index contributed by atoms with van der Waals surface area (Å²) in [6.45, 7) is 0.308. The van der Waals surface area contributed by atoms with Crippen molar-refractivity contribution in [2.24, 2.45) is 5.73 Å². The number of carbonyl (C=O) groups is 1. The van der Waals surface area contributed by atoms with Crippen LogP contribution in [0, 0.1) is 5.82 Å². The average molecular weight is 243 g/mol. The summed E-state index contributed by atoms with van der Waals surface area (Å²) >= 11 is 1.41. The lowest BCUT2D eigenvalue weighted by atomic mass is 10.2. The van der Waals surface area contributed by atoms with Gasteiger partial charge in [-0.15, -0.1) is 11.8 Å². The molecule has 0 saturated carbocycles. The van der Waals surface area contributed by atoms with Gasteiger partial charge >= 0.3 is 5.97 Å². The average Bonchev–Trinajstić information content (AvgIpc) is 2.28. The summed E-state index contributed by atoms with van der Waals surface area (Å²) in [7, 11) is 1.35. The largest absolute Gasteiger partial charge is 0.469 e. The Morgan fingerprint density at radius 3 is 2.88 bits per heavy atom. The highest BCUT2D eigenvalue weighted by atomic mass is 32.2. The number of nitrogens with two attached hydrogens (primary N) is 1. The Bertz CT molecular complexity index is 371. The summed E-state index contributed by atoms with van der Waals surface area (Å²) in [5, 5.41) is 0. The van der Waals surface area contributed by atoms with Crippen molar-refractivity contribution in [3.05, 3.63) is 29.6 Å². The number of esters is 1. The van der Waals surface area contributed by atoms with Gasteiger partial charge in [0.05, 0.1) is 13.5 Å². The van der Waals surface area contributed by atoms with E-state index in [0.717, 1.165) is 10.5 Å². The summed E-state index contributed by atoms with van der Waals surface area (Å²) in [5.41, 5.74) is 6.19. The molecule has 0 atom stereocenters. The summed E-state index contributed by atoms with van der Waals surface area (Å²) in [6, 6.07) is 4.66. The van der Waals surface area contributed by atoms with Crippen LogP contribution in [-0.4, -0.2) is 18.8 Å². The lowest BCUT2D eigenvalue weighted by Crippen LogP contribution is -2.01. The van der Waals surface area contributed by atoms with Gasteiger partial charge in [0, 0.05) is 17.2 Å². The van der Waals surface area contributed by atoms with Crippen molar-refractivity contribution in [3.63, 3.8) is 0 Å². The molecule has 1 aromatic carbocycles. The van der Waals surface area contributed by atoms with E-state index in [9.17, 15) is 9.18 Å². The van der Waals surface area contributed by atoms with Gasteiger partial charge in [0.1, 0.15) is 5.82 Å². The number of rotatable bonds is 5. The van der Waals surface area contributed by atoms with Crippen LogP contribution in [0.1, 0.15) is 12.0 Å². The first-order valence-corrected chi connectivity index (χ1v) is 5.83. The van der Waals surface area contributed by atoms with Gasteiger partial charge < -0.3 is 10.5 Å². The third-order valence-electron chi connectivity index (χ3n) is 1.97. The van der Waals surface area contributed by atoms with Crippen molar-refractivity contribution in [2.75, 3.05) is 12.9 Å². The molecule has 88 valence electrons. The van der Waals surface area contributed by atoms with E-state index in [1.165, 1.54) is 31.0 Å². The Labute approximate surface area is 98.2 Å². The van der Waals surface area contributed by atoms with Crippen LogP contribution in [0.4, 0.5) is 4.39 Å². The highest BCUT2D eigenvalue weighted by molar-refractivity contribution is 7.99. The van der Waals surface area contributed by atoms with Crippen molar-refractivity contribution in [1.29, 1.82) is 0 Å². The number of halogens is 1. The van der Waals surface area contributed by atoms with Crippen molar-refractivity contribution >= 4 is 17.7 Å². The molecule has 0 aromatic heterocycles. The topological polar surface area (TPSA) is 52.3 Å². The highest BCUT2D eigenvalue weighted by Crippen LogP contribution is 2.21. The van der Waals surface area contributed by atoms with Crippen LogP contribution in [0.5, 0.6) is 0 Å². The molecule has 0 spiro atoms. The number of methoxy groups -OCH3 is 1. The number of carbonyl (C=O) groups excluding carboxylic acids is 1. The second kappa shape index (κ2) is 6.50. The molecule has 0 bridgehead atoms. The second-order valence-electron chi connectivity index (χ2n) is 3.17. The van der Waals surface area contributed by atoms with Crippen LogP contribution in [0.15, 0.2) is 23.1 Å². The Hall–Kier alpha value is -1.07. The van der Waals surface area contributed by atoms with E-state index in [2.05, 4.69) is 4.74 Å². The van der Waals surface area contributed by atoms with Crippen LogP contribution >= 0.6 is 11.8 Å². The zero-order chi connectivity index (χ0) is 12.0. The van der Waals surface area contributed by atoms with Gasteiger partial charge in [-0.1, -0.05) is 0 Å². The van der Waals surface area contributed by atoms with Gasteiger partial charge in [-0.05, 0) is 23.8 Å². The molecule has 0 saturated heterocycles. The molecule has 0 fully saturated rings. The SMILES string of the molecule is COC(=O)CCSc1cc(F)cc(CN)c1. The fourth-order valence-electron chi connectivity index (χ4n) is 1.18. The summed E-state index contributed by atoms with van der Waals surface area (Å²) in [5.74, 6) is 0.00613. The van der Waals surface area contributed by atoms with Crippen LogP contribution in [0.25, 0.3) is 0 Å². The second-order valence-corrected chi connectivity index (χ2v) is 4.34. The first-order valence-electron chi connectivity index (χ1n) is 4.85. The zero-order valence-corrected chi connectivity index (χ0v) is 9.85. The van der Waals surface area contributed by atoms with E-state index in [1.54, 1.807) is 0 Å². The maximum Gasteiger partial charge on any atom is 0.306 e. The lowest BCUT2D eigenvalue weighted by molar-refractivity contribution is -0.140. The predicted octanol–water partition coefficient (Wildman–Crippen LogP) is 1.94. The van der Waals surface area contributed by atoms with Gasteiger partial charge in [0.25, 0.3) is 0 Å². The Morgan fingerprint density at radius 2 is 2.25 bits per heavy atom. The van der Waals surface area contributed by atoms with E-state index in [0.29, 0.717) is 18.7 Å². The van der Waals surface area contributed by atoms with E-state index in [1.807, 2.05) is 6.07 Å². The first-order chi connectivity index (χ1) is 7.65. The number of ether oxygens (including phenoxy) is 1. The summed E-state index contributed by atoms with van der Waals surface area (Å²) < 4.78 is 17.6. The van der Waals surface area contributed by atoms with Crippen LogP contribution < -0.4 is 5.73 Å². The molecule has 16 heavy (non-hydrogen) atoms. The fraction of sp³-hybridized carbons (Fsp3) is 0.364. The molecule has 5 heteroatoms. The molecule has 1 aromatic rings. The van der Waals surface area contributed by atoms with Crippen molar-refractivity contribution in [3.8, 4) is 0 Å². The highest BCUT2D eigenvalue weighted by Gasteiger charge is 2.03. The van der Waals surface area contributed by atoms with E-state index in [-0.39, 0.29) is 11.8 Å². The number of benzene rings is 1. The molecule has 0 aliphatic rings. The fourth-order valence-corrected chi connectivity index (χ4v) is 2.11. The van der Waals surface area contributed by atoms with Gasteiger partial charge in [-0.3, -0.25) is 4.79 Å². The van der Waals surface area contributed by atoms with E-state index < -0.39 is 0 Å². The summed E-state index contributed by atoms with van der Waals surface area (Å²) in [6.07, 6.45) is 0.315. The van der Waals surface area contributed by atoms with Crippen LogP contribution in [-0.2, 0) is 16.1 Å². The molecule has 0 radical (unpaired) electrons. The minimum atomic E-state index is -0.302. The van der Waals surface area contributed by atoms with Crippen molar-refractivity contribution < 1.29 is 13.9 Å². The van der Waals surface area contributed by atoms with Gasteiger partial charge in [-0.25, -0.2) is 4.39 Å². The molecule has 0 heterocycles. The van der Waals surface area contributed by atoms with E-state index >= 15 is 0 Å². The molecule has 0 aliphatic heterocycles. The molecule has 3 nitrogen and oxygen atoms in total. The normalized spacial score (nSPS) is 10.2. The standard InChI is InChI=1S/C11H14FNO2S/c1-15-11(14)2-3-16-10-5-8(7-13)4-9(12)6-10/h4-6H,2-3,7,13H2,1H3. The molecule has 1 rings (SSSR count). The lowest BCUT2D eigenvalue weighted by Gasteiger charge is -2.04. The number of thioether (sulfide) groups is 1. The number of hydrogen-bond acceptors (Lipinski definition) is 4. The van der Waals surface area contributed by atoms with Gasteiger partial charge in [0.2, 0.25) is 0 Å². The minimum Gasteiger partial charge on any atom is -0.469 e. The Morgan fingerprint density at radius 1 is 1.50 bits per heavy atom. The quantitative estimate of drug-likeness (QED) is 0.634. The molecule has 0 aliphatic carbocycles. The predicted molar refractivity (Wildman–Crippen MR) is 61.6 cm³/mol. The number of hydrogen-bond donors (Lipinski definition) is 1. The maximum absolute atomic E-state index is 13.1. The van der Waals surface area contributed by atoms with Gasteiger partial charge in [0.15, 0.2) is 0 Å². The van der Waals surface area contributed by atoms with Gasteiger partial charge in [-0.2, -0.15) is 0 Å². The Kier molecular flexibility index (Phi) is 5.28. The third kappa shape index (κ3) is 4.20. The first kappa shape index (κ1) is 13.0. The summed E-state index contributed by atoms with van der Waals surface area (Å²) in [4.78, 5) is 11.6. The zero-order valence-electron chi connectivity index (χ0n) is 9.03. The molecule has 0 unspecified atom stereocenters. The Balaban J connectivity index is 2.53. The smallest absolute Gasteiger partial charge is 0.306 e.